The molecule has 0 radical (unpaired) electrons. The third-order valence-corrected chi connectivity index (χ3v) is 3.17. The number of aliphatic carboxylic acids is 1. The van der Waals surface area contributed by atoms with Gasteiger partial charge >= 0.3 is 12.1 Å². The molecule has 112 valence electrons. The topological polar surface area (TPSA) is 101 Å². The number of hydrogen-bond donors (Lipinski definition) is 1. The first-order valence-electron chi connectivity index (χ1n) is 5.70. The molecule has 0 aliphatic rings. The number of carbonyl (C=O) groups excluding carboxylic acids is 1. The zero-order valence-corrected chi connectivity index (χ0v) is 12.7. The molecule has 1 unspecified atom stereocenters. The molecule has 0 saturated heterocycles. The van der Waals surface area contributed by atoms with Crippen LogP contribution in [0.25, 0.3) is 0 Å². The van der Waals surface area contributed by atoms with E-state index < -0.39 is 33.5 Å². The molecule has 0 aromatic rings. The molecule has 0 heterocycles. The maximum Gasteiger partial charge on any atom is 0.410 e. The molecule has 0 fully saturated rings. The van der Waals surface area contributed by atoms with E-state index in [1.165, 1.54) is 7.05 Å². The van der Waals surface area contributed by atoms with E-state index in [9.17, 15) is 18.0 Å². The van der Waals surface area contributed by atoms with Crippen molar-refractivity contribution in [2.24, 2.45) is 0 Å². The predicted molar refractivity (Wildman–Crippen MR) is 69.7 cm³/mol. The number of amides is 1. The van der Waals surface area contributed by atoms with Crippen LogP contribution in [0.4, 0.5) is 4.79 Å². The molecule has 19 heavy (non-hydrogen) atoms. The van der Waals surface area contributed by atoms with Gasteiger partial charge in [-0.2, -0.15) is 0 Å². The van der Waals surface area contributed by atoms with E-state index in [2.05, 4.69) is 0 Å². The average Bonchev–Trinajstić information content (AvgIpc) is 2.12. The first kappa shape index (κ1) is 17.7. The zero-order chi connectivity index (χ0) is 15.4. The number of carbonyl (C=O) groups is 2. The predicted octanol–water partition coefficient (Wildman–Crippen LogP) is 0.741. The van der Waals surface area contributed by atoms with E-state index >= 15 is 0 Å². The lowest BCUT2D eigenvalue weighted by Gasteiger charge is -2.28. The van der Waals surface area contributed by atoms with E-state index in [0.29, 0.717) is 0 Å². The van der Waals surface area contributed by atoms with Crippen LogP contribution in [0.2, 0.25) is 0 Å². The summed E-state index contributed by atoms with van der Waals surface area (Å²) in [7, 11) is -2.02. The van der Waals surface area contributed by atoms with Gasteiger partial charge in [0.25, 0.3) is 0 Å². The number of rotatable bonds is 5. The van der Waals surface area contributed by atoms with Gasteiger partial charge in [-0.15, -0.1) is 0 Å². The largest absolute Gasteiger partial charge is 0.480 e. The minimum absolute atomic E-state index is 0.177. The van der Waals surface area contributed by atoms with E-state index in [1.807, 2.05) is 0 Å². The Morgan fingerprint density at radius 1 is 1.32 bits per heavy atom. The van der Waals surface area contributed by atoms with Crippen LogP contribution in [0.15, 0.2) is 0 Å². The van der Waals surface area contributed by atoms with Gasteiger partial charge in [0, 0.05) is 13.3 Å². The molecule has 0 bridgehead atoms. The van der Waals surface area contributed by atoms with Crippen LogP contribution in [0.5, 0.6) is 0 Å². The summed E-state index contributed by atoms with van der Waals surface area (Å²) in [5, 5.41) is 9.04. The number of likely N-dealkylation sites (N-methyl/N-ethyl adjacent to an activating group) is 1. The van der Waals surface area contributed by atoms with Crippen molar-refractivity contribution in [2.75, 3.05) is 19.1 Å². The molecule has 0 spiro atoms. The van der Waals surface area contributed by atoms with Crippen molar-refractivity contribution in [3.05, 3.63) is 0 Å². The summed E-state index contributed by atoms with van der Waals surface area (Å²) in [4.78, 5) is 23.7. The second kappa shape index (κ2) is 6.23. The maximum absolute atomic E-state index is 11.7. The van der Waals surface area contributed by atoms with Crippen molar-refractivity contribution in [3.8, 4) is 0 Å². The Kier molecular flexibility index (Phi) is 5.80. The number of hydrogen-bond acceptors (Lipinski definition) is 5. The fourth-order valence-corrected chi connectivity index (χ4v) is 1.92. The lowest BCUT2D eigenvalue weighted by Crippen LogP contribution is -2.45. The molecule has 0 aromatic carbocycles. The fourth-order valence-electron chi connectivity index (χ4n) is 1.27. The van der Waals surface area contributed by atoms with Gasteiger partial charge in [0.05, 0.1) is 5.75 Å². The second-order valence-corrected chi connectivity index (χ2v) is 7.62. The highest BCUT2D eigenvalue weighted by molar-refractivity contribution is 7.90. The minimum atomic E-state index is -3.29. The number of ether oxygens (including phenoxy) is 1. The third-order valence-electron chi connectivity index (χ3n) is 2.20. The minimum Gasteiger partial charge on any atom is -0.480 e. The molecule has 0 aliphatic carbocycles. The summed E-state index contributed by atoms with van der Waals surface area (Å²) in [5.74, 6) is -1.58. The molecule has 0 aromatic heterocycles. The highest BCUT2D eigenvalue weighted by Gasteiger charge is 2.30. The second-order valence-electron chi connectivity index (χ2n) is 5.36. The summed E-state index contributed by atoms with van der Waals surface area (Å²) in [6, 6.07) is -1.23. The SMILES string of the molecule is CN(C(=O)OC(C)(C)C)C(CCS(C)(=O)=O)C(=O)O. The Morgan fingerprint density at radius 3 is 2.11 bits per heavy atom. The van der Waals surface area contributed by atoms with Crippen LogP contribution in [-0.2, 0) is 19.4 Å². The van der Waals surface area contributed by atoms with Crippen molar-refractivity contribution in [1.29, 1.82) is 0 Å². The third kappa shape index (κ3) is 7.66. The summed E-state index contributed by atoms with van der Waals surface area (Å²) < 4.78 is 27.1. The van der Waals surface area contributed by atoms with Gasteiger partial charge in [-0.05, 0) is 27.2 Å². The lowest BCUT2D eigenvalue weighted by molar-refractivity contribution is -0.142. The van der Waals surface area contributed by atoms with Gasteiger partial charge in [-0.3, -0.25) is 4.90 Å². The van der Waals surface area contributed by atoms with E-state index in [-0.39, 0.29) is 12.2 Å². The molecule has 8 heteroatoms. The molecule has 0 rings (SSSR count). The van der Waals surface area contributed by atoms with E-state index in [1.54, 1.807) is 20.8 Å². The summed E-state index contributed by atoms with van der Waals surface area (Å²) in [5.41, 5.74) is -0.745. The Labute approximate surface area is 113 Å². The van der Waals surface area contributed by atoms with Crippen LogP contribution in [-0.4, -0.2) is 61.2 Å². The number of sulfone groups is 1. The first-order chi connectivity index (χ1) is 8.33. The molecule has 7 nitrogen and oxygen atoms in total. The number of carboxylic acid groups (broad SMARTS) is 1. The lowest BCUT2D eigenvalue weighted by atomic mass is 10.2. The van der Waals surface area contributed by atoms with Crippen molar-refractivity contribution < 1.29 is 27.9 Å². The number of carboxylic acids is 1. The van der Waals surface area contributed by atoms with Gasteiger partial charge < -0.3 is 9.84 Å². The van der Waals surface area contributed by atoms with Crippen molar-refractivity contribution >= 4 is 21.9 Å². The van der Waals surface area contributed by atoms with Crippen molar-refractivity contribution in [2.45, 2.75) is 38.8 Å². The molecule has 1 amide bonds. The van der Waals surface area contributed by atoms with Crippen LogP contribution in [0.3, 0.4) is 0 Å². The molecule has 0 saturated carbocycles. The first-order valence-corrected chi connectivity index (χ1v) is 7.76. The van der Waals surface area contributed by atoms with Crippen LogP contribution >= 0.6 is 0 Å². The van der Waals surface area contributed by atoms with Gasteiger partial charge in [-0.1, -0.05) is 0 Å². The molecule has 0 aliphatic heterocycles. The smallest absolute Gasteiger partial charge is 0.410 e. The monoisotopic (exact) mass is 295 g/mol. The fraction of sp³-hybridized carbons (Fsp3) is 0.818. The molecular formula is C11H21NO6S. The zero-order valence-electron chi connectivity index (χ0n) is 11.8. The van der Waals surface area contributed by atoms with Gasteiger partial charge in [0.2, 0.25) is 0 Å². The summed E-state index contributed by atoms with van der Waals surface area (Å²) >= 11 is 0. The van der Waals surface area contributed by atoms with Gasteiger partial charge in [0.15, 0.2) is 0 Å². The Hall–Kier alpha value is -1.31. The highest BCUT2D eigenvalue weighted by atomic mass is 32.2. The maximum atomic E-state index is 11.7. The molecule has 1 atom stereocenters. The Balaban J connectivity index is 4.80. The Morgan fingerprint density at radius 2 is 1.79 bits per heavy atom. The van der Waals surface area contributed by atoms with Gasteiger partial charge in [-0.25, -0.2) is 18.0 Å². The molecular weight excluding hydrogens is 274 g/mol. The number of nitrogens with zero attached hydrogens (tertiary/aromatic N) is 1. The van der Waals surface area contributed by atoms with Crippen LogP contribution in [0, 0.1) is 0 Å². The summed E-state index contributed by atoms with van der Waals surface area (Å²) in [6.45, 7) is 4.97. The van der Waals surface area contributed by atoms with Gasteiger partial charge in [0.1, 0.15) is 21.5 Å². The quantitative estimate of drug-likeness (QED) is 0.803. The Bertz CT molecular complexity index is 437. The highest BCUT2D eigenvalue weighted by Crippen LogP contribution is 2.13. The van der Waals surface area contributed by atoms with Crippen LogP contribution in [0.1, 0.15) is 27.2 Å². The standard InChI is InChI=1S/C11H21NO6S/c1-11(2,3)18-10(15)12(4)8(9(13)14)6-7-19(5,16)17/h8H,6-7H2,1-5H3,(H,13,14). The normalized spacial score (nSPS) is 13.7. The molecule has 1 N–H and O–H groups in total. The van der Waals surface area contributed by atoms with E-state index in [4.69, 9.17) is 9.84 Å². The van der Waals surface area contributed by atoms with Crippen LogP contribution < -0.4 is 0 Å². The average molecular weight is 295 g/mol. The van der Waals surface area contributed by atoms with Crippen molar-refractivity contribution in [3.63, 3.8) is 0 Å². The summed E-state index contributed by atoms with van der Waals surface area (Å²) in [6.07, 6.45) is 0.0388. The van der Waals surface area contributed by atoms with E-state index in [0.717, 1.165) is 11.2 Å². The van der Waals surface area contributed by atoms with Crippen molar-refractivity contribution in [1.82, 2.24) is 4.90 Å².